The fourth-order valence-corrected chi connectivity index (χ4v) is 4.24. The lowest BCUT2D eigenvalue weighted by molar-refractivity contribution is 0.100. The second-order valence-corrected chi connectivity index (χ2v) is 7.87. The molecule has 5 heteroatoms. The average Bonchev–Trinajstić information content (AvgIpc) is 3.05. The van der Waals surface area contributed by atoms with Gasteiger partial charge in [0.25, 0.3) is 0 Å². The zero-order chi connectivity index (χ0) is 15.9. The Labute approximate surface area is 135 Å². The summed E-state index contributed by atoms with van der Waals surface area (Å²) >= 11 is 0. The molecule has 3 saturated heterocycles. The lowest BCUT2D eigenvalue weighted by Gasteiger charge is -2.38. The Balaban J connectivity index is 1.50. The minimum absolute atomic E-state index is 0.286. The van der Waals surface area contributed by atoms with Gasteiger partial charge in [0.1, 0.15) is 0 Å². The summed E-state index contributed by atoms with van der Waals surface area (Å²) in [6, 6.07) is 1.51. The molecule has 2 unspecified atom stereocenters. The predicted molar refractivity (Wildman–Crippen MR) is 88.9 cm³/mol. The first-order chi connectivity index (χ1) is 10.5. The van der Waals surface area contributed by atoms with Crippen molar-refractivity contribution in [3.05, 3.63) is 0 Å². The molecule has 126 valence electrons. The Morgan fingerprint density at radius 2 is 1.23 bits per heavy atom. The second kappa shape index (κ2) is 6.36. The number of hydrogen-bond donors (Lipinski definition) is 0. The Bertz CT molecular complexity index is 389. The van der Waals surface area contributed by atoms with Crippen LogP contribution in [0.2, 0.25) is 0 Å². The van der Waals surface area contributed by atoms with Crippen LogP contribution in [-0.4, -0.2) is 90.1 Å². The highest BCUT2D eigenvalue weighted by molar-refractivity contribution is 5.75. The Morgan fingerprint density at radius 3 is 1.68 bits per heavy atom. The number of hydrogen-bond acceptors (Lipinski definition) is 3. The van der Waals surface area contributed by atoms with Crippen LogP contribution in [0.4, 0.5) is 4.79 Å². The van der Waals surface area contributed by atoms with E-state index < -0.39 is 0 Å². The minimum Gasteiger partial charge on any atom is -0.324 e. The van der Waals surface area contributed by atoms with Gasteiger partial charge in [-0.15, -0.1) is 0 Å². The first-order valence-electron chi connectivity index (χ1n) is 8.97. The molecule has 0 bridgehead atoms. The molecule has 0 aromatic carbocycles. The van der Waals surface area contributed by atoms with Crippen molar-refractivity contribution in [3.8, 4) is 0 Å². The molecule has 5 nitrogen and oxygen atoms in total. The minimum atomic E-state index is 0.286. The standard InChI is InChI=1S/C17H32N4O/c1-13(2)18-5-7-19(8-6-18)17(22)21-11-15-9-20(14(3)4)10-16(15)12-21/h13-16H,5-12H2,1-4H3. The molecule has 0 aromatic heterocycles. The molecule has 0 N–H and O–H groups in total. The average molecular weight is 308 g/mol. The van der Waals surface area contributed by atoms with Crippen LogP contribution in [0.15, 0.2) is 0 Å². The summed E-state index contributed by atoms with van der Waals surface area (Å²) in [6.07, 6.45) is 0. The zero-order valence-electron chi connectivity index (χ0n) is 14.7. The summed E-state index contributed by atoms with van der Waals surface area (Å²) in [5, 5.41) is 0. The Morgan fingerprint density at radius 1 is 0.727 bits per heavy atom. The van der Waals surface area contributed by atoms with E-state index >= 15 is 0 Å². The summed E-state index contributed by atoms with van der Waals surface area (Å²) in [5.74, 6) is 1.40. The largest absolute Gasteiger partial charge is 0.324 e. The van der Waals surface area contributed by atoms with E-state index in [2.05, 4.69) is 47.3 Å². The number of fused-ring (bicyclic) bond motifs is 1. The van der Waals surface area contributed by atoms with Crippen molar-refractivity contribution in [3.63, 3.8) is 0 Å². The number of rotatable bonds is 2. The number of nitrogens with zero attached hydrogens (tertiary/aromatic N) is 4. The molecular formula is C17H32N4O. The summed E-state index contributed by atoms with van der Waals surface area (Å²) in [7, 11) is 0. The third-order valence-corrected chi connectivity index (χ3v) is 5.83. The van der Waals surface area contributed by atoms with Gasteiger partial charge in [0.2, 0.25) is 0 Å². The molecule has 3 rings (SSSR count). The van der Waals surface area contributed by atoms with E-state index in [0.717, 1.165) is 39.3 Å². The highest BCUT2D eigenvalue weighted by Crippen LogP contribution is 2.32. The highest BCUT2D eigenvalue weighted by Gasteiger charge is 2.43. The smallest absolute Gasteiger partial charge is 0.320 e. The molecule has 0 saturated carbocycles. The molecule has 2 amide bonds. The van der Waals surface area contributed by atoms with Gasteiger partial charge in [-0.25, -0.2) is 4.79 Å². The van der Waals surface area contributed by atoms with Crippen molar-refractivity contribution < 1.29 is 4.79 Å². The molecule has 3 aliphatic heterocycles. The molecule has 0 spiro atoms. The number of piperazine rings is 1. The van der Waals surface area contributed by atoms with Crippen molar-refractivity contribution >= 4 is 6.03 Å². The van der Waals surface area contributed by atoms with Crippen LogP contribution in [0.25, 0.3) is 0 Å². The molecule has 3 aliphatic rings. The van der Waals surface area contributed by atoms with E-state index in [0.29, 0.717) is 23.9 Å². The Kier molecular flexibility index (Phi) is 4.64. The van der Waals surface area contributed by atoms with Gasteiger partial charge < -0.3 is 14.7 Å². The van der Waals surface area contributed by atoms with Crippen molar-refractivity contribution in [2.24, 2.45) is 11.8 Å². The van der Waals surface area contributed by atoms with Crippen molar-refractivity contribution in [1.29, 1.82) is 0 Å². The van der Waals surface area contributed by atoms with E-state index in [1.54, 1.807) is 0 Å². The normalized spacial score (nSPS) is 30.6. The summed E-state index contributed by atoms with van der Waals surface area (Å²) in [6.45, 7) is 17.1. The van der Waals surface area contributed by atoms with E-state index in [1.807, 2.05) is 0 Å². The fourth-order valence-electron chi connectivity index (χ4n) is 4.24. The van der Waals surface area contributed by atoms with Gasteiger partial charge in [0.05, 0.1) is 0 Å². The number of carbonyl (C=O) groups excluding carboxylic acids is 1. The monoisotopic (exact) mass is 308 g/mol. The number of carbonyl (C=O) groups is 1. The fraction of sp³-hybridized carbons (Fsp3) is 0.941. The van der Waals surface area contributed by atoms with Crippen LogP contribution in [0.3, 0.4) is 0 Å². The van der Waals surface area contributed by atoms with Crippen LogP contribution < -0.4 is 0 Å². The lowest BCUT2D eigenvalue weighted by Crippen LogP contribution is -2.54. The summed E-state index contributed by atoms with van der Waals surface area (Å²) < 4.78 is 0. The van der Waals surface area contributed by atoms with E-state index in [9.17, 15) is 4.79 Å². The van der Waals surface area contributed by atoms with Crippen molar-refractivity contribution in [2.45, 2.75) is 39.8 Å². The number of likely N-dealkylation sites (tertiary alicyclic amines) is 2. The number of amides is 2. The maximum atomic E-state index is 12.7. The third-order valence-electron chi connectivity index (χ3n) is 5.83. The van der Waals surface area contributed by atoms with Crippen LogP contribution >= 0.6 is 0 Å². The molecule has 22 heavy (non-hydrogen) atoms. The van der Waals surface area contributed by atoms with Gasteiger partial charge in [0.15, 0.2) is 0 Å². The molecule has 3 fully saturated rings. The summed E-state index contributed by atoms with van der Waals surface area (Å²) in [5.41, 5.74) is 0. The maximum Gasteiger partial charge on any atom is 0.320 e. The number of urea groups is 1. The topological polar surface area (TPSA) is 30.0 Å². The Hall–Kier alpha value is -0.810. The predicted octanol–water partition coefficient (Wildman–Crippen LogP) is 1.40. The first kappa shape index (κ1) is 16.1. The molecule has 0 radical (unpaired) electrons. The van der Waals surface area contributed by atoms with Crippen LogP contribution in [0.1, 0.15) is 27.7 Å². The van der Waals surface area contributed by atoms with Gasteiger partial charge in [-0.3, -0.25) is 4.90 Å². The zero-order valence-corrected chi connectivity index (χ0v) is 14.7. The first-order valence-corrected chi connectivity index (χ1v) is 8.97. The van der Waals surface area contributed by atoms with Crippen molar-refractivity contribution in [2.75, 3.05) is 52.4 Å². The second-order valence-electron chi connectivity index (χ2n) is 7.87. The SMILES string of the molecule is CC(C)N1CCN(C(=O)N2CC3CN(C(C)C)CC3C2)CC1. The van der Waals surface area contributed by atoms with Gasteiger partial charge in [-0.05, 0) is 39.5 Å². The third kappa shape index (κ3) is 3.11. The van der Waals surface area contributed by atoms with E-state index in [4.69, 9.17) is 0 Å². The lowest BCUT2D eigenvalue weighted by atomic mass is 10.0. The van der Waals surface area contributed by atoms with Crippen LogP contribution in [0.5, 0.6) is 0 Å². The highest BCUT2D eigenvalue weighted by atomic mass is 16.2. The van der Waals surface area contributed by atoms with Gasteiger partial charge in [0, 0.05) is 64.4 Å². The van der Waals surface area contributed by atoms with Crippen LogP contribution in [-0.2, 0) is 0 Å². The van der Waals surface area contributed by atoms with Gasteiger partial charge in [-0.2, -0.15) is 0 Å². The van der Waals surface area contributed by atoms with E-state index in [1.165, 1.54) is 13.1 Å². The van der Waals surface area contributed by atoms with Gasteiger partial charge in [-0.1, -0.05) is 0 Å². The van der Waals surface area contributed by atoms with Gasteiger partial charge >= 0.3 is 6.03 Å². The van der Waals surface area contributed by atoms with E-state index in [-0.39, 0.29) is 6.03 Å². The quantitative estimate of drug-likeness (QED) is 0.772. The molecule has 0 aromatic rings. The molecule has 0 aliphatic carbocycles. The maximum absolute atomic E-state index is 12.7. The summed E-state index contributed by atoms with van der Waals surface area (Å²) in [4.78, 5) is 22.0. The molecule has 2 atom stereocenters. The van der Waals surface area contributed by atoms with Crippen molar-refractivity contribution in [1.82, 2.24) is 19.6 Å². The van der Waals surface area contributed by atoms with Crippen LogP contribution in [0, 0.1) is 11.8 Å². The molecule has 3 heterocycles. The molecular weight excluding hydrogens is 276 g/mol.